The van der Waals surface area contributed by atoms with E-state index in [1.54, 1.807) is 0 Å². The number of carbonyl (C=O) groups excluding carboxylic acids is 1. The zero-order valence-corrected chi connectivity index (χ0v) is 11.2. The monoisotopic (exact) mass is 255 g/mol. The van der Waals surface area contributed by atoms with E-state index in [0.717, 1.165) is 22.2 Å². The third-order valence-corrected chi connectivity index (χ3v) is 2.64. The Balaban J connectivity index is 0.00000121. The van der Waals surface area contributed by atoms with Gasteiger partial charge in [-0.1, -0.05) is 48.5 Å². The summed E-state index contributed by atoms with van der Waals surface area (Å²) in [4.78, 5) is 11.9. The molecule has 0 saturated carbocycles. The van der Waals surface area contributed by atoms with Crippen molar-refractivity contribution in [1.82, 2.24) is 0 Å². The molecule has 0 fully saturated rings. The molecule has 1 aromatic rings. The van der Waals surface area contributed by atoms with Gasteiger partial charge in [-0.2, -0.15) is 0 Å². The highest BCUT2D eigenvalue weighted by molar-refractivity contribution is 8.15. The molecule has 0 amide bonds. The Hall–Kier alpha value is -1.49. The molecular weight excluding hydrogens is 238 g/mol. The van der Waals surface area contributed by atoms with Crippen LogP contribution in [0.15, 0.2) is 34.3 Å². The Morgan fingerprint density at radius 1 is 1.29 bits per heavy atom. The van der Waals surface area contributed by atoms with Crippen molar-refractivity contribution >= 4 is 22.8 Å². The van der Waals surface area contributed by atoms with Crippen molar-refractivity contribution in [2.24, 2.45) is 5.16 Å². The molecule has 1 N–H and O–H groups in total. The first kappa shape index (κ1) is 15.5. The zero-order chi connectivity index (χ0) is 13.3. The van der Waals surface area contributed by atoms with Crippen LogP contribution >= 0.6 is 11.8 Å². The number of esters is 1. The molecule has 1 aromatic carbocycles. The van der Waals surface area contributed by atoms with Crippen LogP contribution in [0.2, 0.25) is 0 Å². The standard InChI is InChI=1S/C10H11NO3S.C2H6/c1-7-3-5-8(6-4-7)15-9(11-13)10(12)14-2;1-2/h3-6,13H,1-2H3;1-2H3/b11-9-;. The Morgan fingerprint density at radius 3 is 2.24 bits per heavy atom. The highest BCUT2D eigenvalue weighted by Crippen LogP contribution is 2.20. The van der Waals surface area contributed by atoms with Gasteiger partial charge >= 0.3 is 5.97 Å². The van der Waals surface area contributed by atoms with E-state index in [0.29, 0.717) is 0 Å². The molecule has 0 radical (unpaired) electrons. The maximum absolute atomic E-state index is 11.1. The van der Waals surface area contributed by atoms with E-state index >= 15 is 0 Å². The van der Waals surface area contributed by atoms with Gasteiger partial charge in [0.1, 0.15) is 0 Å². The molecule has 0 saturated heterocycles. The molecule has 17 heavy (non-hydrogen) atoms. The lowest BCUT2D eigenvalue weighted by molar-refractivity contribution is -0.132. The lowest BCUT2D eigenvalue weighted by Gasteiger charge is -2.02. The van der Waals surface area contributed by atoms with Gasteiger partial charge in [-0.3, -0.25) is 0 Å². The van der Waals surface area contributed by atoms with Gasteiger partial charge in [0.2, 0.25) is 5.04 Å². The van der Waals surface area contributed by atoms with Crippen molar-refractivity contribution in [3.05, 3.63) is 29.8 Å². The Bertz CT molecular complexity index is 374. The SMILES string of the molecule is CC.COC(=O)/C(=N/O)Sc1ccc(C)cc1. The Morgan fingerprint density at radius 2 is 1.82 bits per heavy atom. The van der Waals surface area contributed by atoms with E-state index in [1.165, 1.54) is 7.11 Å². The number of hydrogen-bond acceptors (Lipinski definition) is 5. The van der Waals surface area contributed by atoms with Gasteiger partial charge in [-0.25, -0.2) is 4.79 Å². The topological polar surface area (TPSA) is 58.9 Å². The quantitative estimate of drug-likeness (QED) is 0.209. The van der Waals surface area contributed by atoms with Gasteiger partial charge in [-0.05, 0) is 19.1 Å². The first-order valence-corrected chi connectivity index (χ1v) is 6.04. The molecule has 0 aliphatic rings. The maximum Gasteiger partial charge on any atom is 0.367 e. The summed E-state index contributed by atoms with van der Waals surface area (Å²) >= 11 is 1.06. The van der Waals surface area contributed by atoms with E-state index in [1.807, 2.05) is 45.0 Å². The number of oxime groups is 1. The first-order valence-electron chi connectivity index (χ1n) is 5.22. The van der Waals surface area contributed by atoms with Gasteiger partial charge in [0.05, 0.1) is 7.11 Å². The van der Waals surface area contributed by atoms with Crippen molar-refractivity contribution in [3.8, 4) is 0 Å². The second kappa shape index (κ2) is 8.64. The van der Waals surface area contributed by atoms with E-state index < -0.39 is 5.97 Å². The maximum atomic E-state index is 11.1. The average Bonchev–Trinajstić information content (AvgIpc) is 2.39. The third-order valence-electron chi connectivity index (χ3n) is 1.69. The van der Waals surface area contributed by atoms with Crippen molar-refractivity contribution in [2.45, 2.75) is 25.7 Å². The van der Waals surface area contributed by atoms with Gasteiger partial charge < -0.3 is 9.94 Å². The highest BCUT2D eigenvalue weighted by Gasteiger charge is 2.13. The number of nitrogens with zero attached hydrogens (tertiary/aromatic N) is 1. The molecule has 0 aromatic heterocycles. The number of carbonyl (C=O) groups is 1. The van der Waals surface area contributed by atoms with Crippen molar-refractivity contribution in [3.63, 3.8) is 0 Å². The summed E-state index contributed by atoms with van der Waals surface area (Å²) in [7, 11) is 1.24. The molecule has 5 heteroatoms. The summed E-state index contributed by atoms with van der Waals surface area (Å²) in [5.74, 6) is -0.650. The average molecular weight is 255 g/mol. The van der Waals surface area contributed by atoms with E-state index in [4.69, 9.17) is 5.21 Å². The lowest BCUT2D eigenvalue weighted by atomic mass is 10.2. The molecule has 0 heterocycles. The van der Waals surface area contributed by atoms with Crippen LogP contribution in [0.1, 0.15) is 19.4 Å². The normalized spacial score (nSPS) is 10.2. The van der Waals surface area contributed by atoms with Gasteiger partial charge in [0, 0.05) is 4.90 Å². The van der Waals surface area contributed by atoms with Crippen molar-refractivity contribution in [2.75, 3.05) is 7.11 Å². The predicted molar refractivity (Wildman–Crippen MR) is 69.6 cm³/mol. The molecule has 94 valence electrons. The number of rotatable bonds is 1. The molecule has 0 spiro atoms. The number of aryl methyl sites for hydroxylation is 1. The van der Waals surface area contributed by atoms with E-state index in [9.17, 15) is 4.79 Å². The fourth-order valence-electron chi connectivity index (χ4n) is 0.908. The Labute approximate surface area is 106 Å². The van der Waals surface area contributed by atoms with Crippen LogP contribution in [0.25, 0.3) is 0 Å². The second-order valence-corrected chi connectivity index (χ2v) is 3.87. The van der Waals surface area contributed by atoms with Gasteiger partial charge in [0.15, 0.2) is 0 Å². The molecule has 4 nitrogen and oxygen atoms in total. The van der Waals surface area contributed by atoms with Gasteiger partial charge in [-0.15, -0.1) is 0 Å². The summed E-state index contributed by atoms with van der Waals surface area (Å²) < 4.78 is 4.45. The summed E-state index contributed by atoms with van der Waals surface area (Å²) in [6.45, 7) is 5.97. The molecular formula is C12H17NO3S. The molecule has 0 atom stereocenters. The van der Waals surface area contributed by atoms with Crippen LogP contribution in [0.5, 0.6) is 0 Å². The third kappa shape index (κ3) is 5.40. The molecule has 0 aliphatic heterocycles. The first-order chi connectivity index (χ1) is 8.17. The minimum atomic E-state index is -0.650. The fraction of sp³-hybridized carbons (Fsp3) is 0.333. The summed E-state index contributed by atoms with van der Waals surface area (Å²) in [6, 6.07) is 7.51. The zero-order valence-electron chi connectivity index (χ0n) is 10.4. The summed E-state index contributed by atoms with van der Waals surface area (Å²) in [6.07, 6.45) is 0. The molecule has 0 bridgehead atoms. The summed E-state index contributed by atoms with van der Waals surface area (Å²) in [5, 5.41) is 11.4. The van der Waals surface area contributed by atoms with Crippen LogP contribution < -0.4 is 0 Å². The number of ether oxygens (including phenoxy) is 1. The van der Waals surface area contributed by atoms with Crippen LogP contribution in [-0.2, 0) is 9.53 Å². The predicted octanol–water partition coefficient (Wildman–Crippen LogP) is 3.07. The molecule has 1 rings (SSSR count). The number of benzene rings is 1. The Kier molecular flexibility index (Phi) is 7.88. The number of methoxy groups -OCH3 is 1. The van der Waals surface area contributed by atoms with Crippen LogP contribution in [-0.4, -0.2) is 23.3 Å². The lowest BCUT2D eigenvalue weighted by Crippen LogP contribution is -2.11. The van der Waals surface area contributed by atoms with Crippen LogP contribution in [0.4, 0.5) is 0 Å². The van der Waals surface area contributed by atoms with Crippen molar-refractivity contribution in [1.29, 1.82) is 0 Å². The van der Waals surface area contributed by atoms with Gasteiger partial charge in [0.25, 0.3) is 0 Å². The largest absolute Gasteiger partial charge is 0.464 e. The second-order valence-electron chi connectivity index (χ2n) is 2.81. The smallest absolute Gasteiger partial charge is 0.367 e. The summed E-state index contributed by atoms with van der Waals surface area (Å²) in [5.41, 5.74) is 1.12. The minimum Gasteiger partial charge on any atom is -0.464 e. The van der Waals surface area contributed by atoms with Crippen LogP contribution in [0, 0.1) is 6.92 Å². The molecule has 0 unspecified atom stereocenters. The number of hydrogen-bond donors (Lipinski definition) is 1. The van der Waals surface area contributed by atoms with Crippen LogP contribution in [0.3, 0.4) is 0 Å². The van der Waals surface area contributed by atoms with E-state index in [-0.39, 0.29) is 5.04 Å². The fourth-order valence-corrected chi connectivity index (χ4v) is 1.61. The van der Waals surface area contributed by atoms with E-state index in [2.05, 4.69) is 9.89 Å². The minimum absolute atomic E-state index is 0.0821. The van der Waals surface area contributed by atoms with Crippen molar-refractivity contribution < 1.29 is 14.7 Å². The number of thioether (sulfide) groups is 1. The molecule has 0 aliphatic carbocycles. The highest BCUT2D eigenvalue weighted by atomic mass is 32.2.